The molecular formula is C8H14N2O2S. The molecule has 13 heavy (non-hydrogen) atoms. The van der Waals surface area contributed by atoms with Crippen LogP contribution in [-0.4, -0.2) is 30.2 Å². The lowest BCUT2D eigenvalue weighted by Crippen LogP contribution is -2.44. The van der Waals surface area contributed by atoms with E-state index in [0.29, 0.717) is 13.3 Å². The number of hydrogen-bond acceptors (Lipinski definition) is 4. The van der Waals surface area contributed by atoms with E-state index in [1.54, 1.807) is 13.8 Å². The van der Waals surface area contributed by atoms with Crippen molar-refractivity contribution in [2.75, 3.05) is 13.3 Å². The van der Waals surface area contributed by atoms with Crippen LogP contribution in [0, 0.1) is 5.41 Å². The number of nitrogens with two attached hydrogens (primary N) is 1. The zero-order valence-corrected chi connectivity index (χ0v) is 8.61. The molecule has 0 saturated carbocycles. The van der Waals surface area contributed by atoms with Crippen LogP contribution >= 0.6 is 12.2 Å². The van der Waals surface area contributed by atoms with E-state index < -0.39 is 11.5 Å². The molecule has 0 aliphatic carbocycles. The third kappa shape index (κ3) is 2.04. The summed E-state index contributed by atoms with van der Waals surface area (Å²) in [6.07, 6.45) is -0.406. The Hall–Kier alpha value is -0.520. The van der Waals surface area contributed by atoms with Crippen LogP contribution < -0.4 is 11.1 Å². The second-order valence-electron chi connectivity index (χ2n) is 3.61. The lowest BCUT2D eigenvalue weighted by Gasteiger charge is -2.23. The quantitative estimate of drug-likeness (QED) is 0.621. The standard InChI is InChI=1S/C8H14N2O2S/c1-8(2,7(9)13)6(11)5-3-10-4-12-5/h5,10H,3-4H2,1-2H3,(H2,9,13). The van der Waals surface area contributed by atoms with E-state index in [-0.39, 0.29) is 10.8 Å². The third-order valence-corrected chi connectivity index (χ3v) is 2.75. The Morgan fingerprint density at radius 2 is 2.31 bits per heavy atom. The van der Waals surface area contributed by atoms with Crippen molar-refractivity contribution in [3.05, 3.63) is 0 Å². The molecule has 0 amide bonds. The predicted molar refractivity (Wildman–Crippen MR) is 53.3 cm³/mol. The highest BCUT2D eigenvalue weighted by Gasteiger charge is 2.38. The molecule has 1 unspecified atom stereocenters. The van der Waals surface area contributed by atoms with E-state index in [1.807, 2.05) is 0 Å². The van der Waals surface area contributed by atoms with Crippen LogP contribution in [0.15, 0.2) is 0 Å². The summed E-state index contributed by atoms with van der Waals surface area (Å²) < 4.78 is 5.18. The average Bonchev–Trinajstić information content (AvgIpc) is 2.54. The molecule has 0 aromatic heterocycles. The largest absolute Gasteiger partial charge is 0.393 e. The van der Waals surface area contributed by atoms with Crippen molar-refractivity contribution in [3.8, 4) is 0 Å². The van der Waals surface area contributed by atoms with Crippen LogP contribution in [0.4, 0.5) is 0 Å². The maximum Gasteiger partial charge on any atom is 0.175 e. The second-order valence-corrected chi connectivity index (χ2v) is 4.05. The van der Waals surface area contributed by atoms with E-state index in [1.165, 1.54) is 0 Å². The van der Waals surface area contributed by atoms with Crippen molar-refractivity contribution in [3.63, 3.8) is 0 Å². The van der Waals surface area contributed by atoms with Crippen LogP contribution in [0.1, 0.15) is 13.8 Å². The van der Waals surface area contributed by atoms with Crippen molar-refractivity contribution >= 4 is 23.0 Å². The van der Waals surface area contributed by atoms with E-state index >= 15 is 0 Å². The van der Waals surface area contributed by atoms with Gasteiger partial charge < -0.3 is 10.5 Å². The fourth-order valence-corrected chi connectivity index (χ4v) is 1.20. The zero-order chi connectivity index (χ0) is 10.1. The van der Waals surface area contributed by atoms with Crippen LogP contribution in [0.3, 0.4) is 0 Å². The van der Waals surface area contributed by atoms with Gasteiger partial charge in [-0.15, -0.1) is 0 Å². The molecule has 74 valence electrons. The van der Waals surface area contributed by atoms with Gasteiger partial charge >= 0.3 is 0 Å². The van der Waals surface area contributed by atoms with Gasteiger partial charge in [-0.2, -0.15) is 0 Å². The maximum absolute atomic E-state index is 11.8. The SMILES string of the molecule is CC(C)(C(=O)C1CNCO1)C(N)=S. The average molecular weight is 202 g/mol. The fourth-order valence-electron chi connectivity index (χ4n) is 1.10. The number of hydrogen-bond donors (Lipinski definition) is 2. The molecule has 0 aromatic rings. The van der Waals surface area contributed by atoms with Gasteiger partial charge in [0.2, 0.25) is 0 Å². The van der Waals surface area contributed by atoms with Gasteiger partial charge in [0.15, 0.2) is 5.78 Å². The molecule has 1 aliphatic heterocycles. The summed E-state index contributed by atoms with van der Waals surface area (Å²) in [5, 5.41) is 2.94. The number of ether oxygens (including phenoxy) is 1. The monoisotopic (exact) mass is 202 g/mol. The summed E-state index contributed by atoms with van der Waals surface area (Å²) in [6, 6.07) is 0. The Labute approximate surface area is 82.8 Å². The van der Waals surface area contributed by atoms with Crippen LogP contribution in [0.5, 0.6) is 0 Å². The molecule has 4 nitrogen and oxygen atoms in total. The molecule has 1 saturated heterocycles. The van der Waals surface area contributed by atoms with Gasteiger partial charge in [-0.05, 0) is 13.8 Å². The van der Waals surface area contributed by atoms with Crippen LogP contribution in [0.2, 0.25) is 0 Å². The van der Waals surface area contributed by atoms with Gasteiger partial charge in [0, 0.05) is 6.54 Å². The number of carbonyl (C=O) groups excluding carboxylic acids is 1. The highest BCUT2D eigenvalue weighted by molar-refractivity contribution is 7.80. The predicted octanol–water partition coefficient (Wildman–Crippen LogP) is -0.186. The Bertz CT molecular complexity index is 234. The Morgan fingerprint density at radius 3 is 2.69 bits per heavy atom. The van der Waals surface area contributed by atoms with Crippen molar-refractivity contribution in [1.82, 2.24) is 5.32 Å². The van der Waals surface area contributed by atoms with Crippen molar-refractivity contribution in [1.29, 1.82) is 0 Å². The summed E-state index contributed by atoms with van der Waals surface area (Å²) in [7, 11) is 0. The van der Waals surface area contributed by atoms with Gasteiger partial charge in [-0.3, -0.25) is 10.1 Å². The number of nitrogens with one attached hydrogen (secondary N) is 1. The molecule has 0 aromatic carbocycles. The number of ketones is 1. The normalized spacial score (nSPS) is 23.1. The van der Waals surface area contributed by atoms with Crippen molar-refractivity contribution in [2.24, 2.45) is 11.1 Å². The molecular weight excluding hydrogens is 188 g/mol. The minimum Gasteiger partial charge on any atom is -0.393 e. The number of Topliss-reactive ketones (excluding diaryl/α,β-unsaturated/α-hetero) is 1. The number of carbonyl (C=O) groups is 1. The Morgan fingerprint density at radius 1 is 1.69 bits per heavy atom. The molecule has 1 atom stereocenters. The molecule has 1 aliphatic rings. The molecule has 5 heteroatoms. The molecule has 1 heterocycles. The summed E-state index contributed by atoms with van der Waals surface area (Å²) >= 11 is 4.82. The van der Waals surface area contributed by atoms with E-state index in [9.17, 15) is 4.79 Å². The van der Waals surface area contributed by atoms with E-state index in [2.05, 4.69) is 5.32 Å². The lowest BCUT2D eigenvalue weighted by molar-refractivity contribution is -0.132. The molecule has 1 rings (SSSR count). The number of rotatable bonds is 3. The van der Waals surface area contributed by atoms with E-state index in [0.717, 1.165) is 0 Å². The van der Waals surface area contributed by atoms with Gasteiger partial charge in [0.05, 0.1) is 17.1 Å². The number of thiocarbonyl (C=S) groups is 1. The fraction of sp³-hybridized carbons (Fsp3) is 0.750. The van der Waals surface area contributed by atoms with Crippen LogP contribution in [0.25, 0.3) is 0 Å². The van der Waals surface area contributed by atoms with E-state index in [4.69, 9.17) is 22.7 Å². The molecule has 3 N–H and O–H groups in total. The van der Waals surface area contributed by atoms with Crippen molar-refractivity contribution < 1.29 is 9.53 Å². The minimum atomic E-state index is -0.772. The summed E-state index contributed by atoms with van der Waals surface area (Å²) in [5.74, 6) is -0.0509. The summed E-state index contributed by atoms with van der Waals surface area (Å²) in [4.78, 5) is 12.0. The first-order chi connectivity index (χ1) is 5.96. The third-order valence-electron chi connectivity index (χ3n) is 2.24. The lowest BCUT2D eigenvalue weighted by atomic mass is 9.85. The highest BCUT2D eigenvalue weighted by atomic mass is 32.1. The molecule has 0 spiro atoms. The van der Waals surface area contributed by atoms with Crippen molar-refractivity contribution in [2.45, 2.75) is 20.0 Å². The smallest absolute Gasteiger partial charge is 0.175 e. The first kappa shape index (κ1) is 10.6. The Balaban J connectivity index is 2.70. The Kier molecular flexibility index (Phi) is 3.00. The van der Waals surface area contributed by atoms with Gasteiger partial charge in [0.1, 0.15) is 6.10 Å². The second kappa shape index (κ2) is 3.69. The molecule has 0 radical (unpaired) electrons. The minimum absolute atomic E-state index is 0.0509. The zero-order valence-electron chi connectivity index (χ0n) is 7.79. The first-order valence-electron chi connectivity index (χ1n) is 4.13. The highest BCUT2D eigenvalue weighted by Crippen LogP contribution is 2.21. The topological polar surface area (TPSA) is 64.3 Å². The van der Waals surface area contributed by atoms with Crippen LogP contribution in [-0.2, 0) is 9.53 Å². The molecule has 1 fully saturated rings. The van der Waals surface area contributed by atoms with Gasteiger partial charge in [-0.25, -0.2) is 0 Å². The summed E-state index contributed by atoms with van der Waals surface area (Å²) in [6.45, 7) is 4.41. The first-order valence-corrected chi connectivity index (χ1v) is 4.53. The van der Waals surface area contributed by atoms with Gasteiger partial charge in [0.25, 0.3) is 0 Å². The summed E-state index contributed by atoms with van der Waals surface area (Å²) in [5.41, 5.74) is 4.70. The maximum atomic E-state index is 11.8. The van der Waals surface area contributed by atoms with Gasteiger partial charge in [-0.1, -0.05) is 12.2 Å². The molecule has 0 bridgehead atoms.